The van der Waals surface area contributed by atoms with E-state index < -0.39 is 26.5 Å². The molecule has 9 nitrogen and oxygen atoms in total. The fourth-order valence-corrected chi connectivity index (χ4v) is 11.8. The van der Waals surface area contributed by atoms with Crippen LogP contribution in [0.4, 0.5) is 0 Å². The van der Waals surface area contributed by atoms with Crippen molar-refractivity contribution < 1.29 is 42.1 Å². The Morgan fingerprint density at radius 1 is 0.356 bits per heavy atom. The Labute approximate surface area is 558 Å². The Kier molecular flexibility index (Phi) is 68.3. The van der Waals surface area contributed by atoms with Gasteiger partial charge in [0.15, 0.2) is 6.10 Å². The molecule has 0 aliphatic heterocycles. The number of carbonyl (C=O) groups is 2. The predicted octanol–water partition coefficient (Wildman–Crippen LogP) is 24.6. The molecule has 0 aromatic rings. The third-order valence-corrected chi connectivity index (χ3v) is 17.9. The van der Waals surface area contributed by atoms with Gasteiger partial charge in [-0.2, -0.15) is 0 Å². The second-order valence-electron chi connectivity index (χ2n) is 27.0. The van der Waals surface area contributed by atoms with Crippen molar-refractivity contribution in [2.45, 2.75) is 367 Å². The van der Waals surface area contributed by atoms with E-state index >= 15 is 0 Å². The highest BCUT2D eigenvalue weighted by Gasteiger charge is 2.22. The molecule has 90 heavy (non-hydrogen) atoms. The van der Waals surface area contributed by atoms with Gasteiger partial charge in [0.1, 0.15) is 19.8 Å². The molecule has 0 rings (SSSR count). The number of nitrogens with zero attached hydrogens (tertiary/aromatic N) is 1. The molecule has 0 aliphatic rings. The van der Waals surface area contributed by atoms with Crippen molar-refractivity contribution >= 4 is 19.8 Å². The van der Waals surface area contributed by atoms with Gasteiger partial charge >= 0.3 is 11.9 Å². The smallest absolute Gasteiger partial charge is 0.306 e. The molecular weight excluding hydrogens is 1130 g/mol. The molecule has 0 saturated heterocycles. The second kappa shape index (κ2) is 70.5. The van der Waals surface area contributed by atoms with Crippen LogP contribution in [0.25, 0.3) is 0 Å². The van der Waals surface area contributed by atoms with Crippen molar-refractivity contribution in [2.75, 3.05) is 47.5 Å². The lowest BCUT2D eigenvalue weighted by Gasteiger charge is -2.28. The molecular formula is C80H146NO8P. The van der Waals surface area contributed by atoms with Crippen LogP contribution >= 0.6 is 7.82 Å². The van der Waals surface area contributed by atoms with Crippen molar-refractivity contribution in [1.82, 2.24) is 0 Å². The summed E-state index contributed by atoms with van der Waals surface area (Å²) in [5.41, 5.74) is 0. The minimum Gasteiger partial charge on any atom is -0.756 e. The van der Waals surface area contributed by atoms with Crippen LogP contribution in [0.2, 0.25) is 0 Å². The largest absolute Gasteiger partial charge is 0.756 e. The first kappa shape index (κ1) is 87.2. The number of likely N-dealkylation sites (N-methyl/N-ethyl adjacent to an activating group) is 1. The highest BCUT2D eigenvalue weighted by molar-refractivity contribution is 7.45. The monoisotopic (exact) mass is 1280 g/mol. The van der Waals surface area contributed by atoms with Crippen LogP contribution in [0.5, 0.6) is 0 Å². The van der Waals surface area contributed by atoms with Crippen molar-refractivity contribution in [2.24, 2.45) is 0 Å². The van der Waals surface area contributed by atoms with Gasteiger partial charge in [-0.3, -0.25) is 14.2 Å². The lowest BCUT2D eigenvalue weighted by molar-refractivity contribution is -0.870. The Balaban J connectivity index is 3.96. The number of carbonyl (C=O) groups excluding carboxylic acids is 2. The molecule has 0 heterocycles. The topological polar surface area (TPSA) is 111 Å². The molecule has 2 atom stereocenters. The SMILES string of the molecule is CC/C=C\C/C=C\C/C=C\C/C=C\C/C=C\C/C=C\C/C=C\CCCCCCCCCCCCCCCCCCCC(=O)OC(COC(=O)CCCCCCCCCCCCCCCCCCCCCCCCCCCCC)COP(=O)([O-])OCC[N+](C)(C)C. The van der Waals surface area contributed by atoms with Gasteiger partial charge in [0, 0.05) is 12.8 Å². The van der Waals surface area contributed by atoms with Crippen LogP contribution in [0.3, 0.4) is 0 Å². The Morgan fingerprint density at radius 2 is 0.633 bits per heavy atom. The van der Waals surface area contributed by atoms with Gasteiger partial charge in [0.05, 0.1) is 27.7 Å². The van der Waals surface area contributed by atoms with Crippen molar-refractivity contribution in [3.8, 4) is 0 Å². The van der Waals surface area contributed by atoms with Gasteiger partial charge in [-0.05, 0) is 70.6 Å². The van der Waals surface area contributed by atoms with E-state index in [1.54, 1.807) is 0 Å². The maximum absolute atomic E-state index is 12.9. The fourth-order valence-electron chi connectivity index (χ4n) is 11.1. The van der Waals surface area contributed by atoms with E-state index in [1.807, 2.05) is 21.1 Å². The first-order valence-electron chi connectivity index (χ1n) is 38.3. The molecule has 0 saturated carbocycles. The third kappa shape index (κ3) is 74.2. The molecule has 0 bridgehead atoms. The summed E-state index contributed by atoms with van der Waals surface area (Å²) in [6.45, 7) is 4.19. The predicted molar refractivity (Wildman–Crippen MR) is 388 cm³/mol. The number of rotatable bonds is 71. The molecule has 0 fully saturated rings. The number of ether oxygens (including phenoxy) is 2. The molecule has 2 unspecified atom stereocenters. The number of hydrogen-bond acceptors (Lipinski definition) is 8. The van der Waals surface area contributed by atoms with E-state index in [0.717, 1.165) is 83.5 Å². The summed E-state index contributed by atoms with van der Waals surface area (Å²) >= 11 is 0. The first-order chi connectivity index (χ1) is 44.0. The summed E-state index contributed by atoms with van der Waals surface area (Å²) < 4.78 is 34.4. The second-order valence-corrected chi connectivity index (χ2v) is 28.4. The van der Waals surface area contributed by atoms with E-state index in [4.69, 9.17) is 18.5 Å². The average Bonchev–Trinajstić information content (AvgIpc) is 3.58. The number of phosphoric acid groups is 1. The zero-order chi connectivity index (χ0) is 65.5. The van der Waals surface area contributed by atoms with Crippen molar-refractivity contribution in [3.05, 3.63) is 85.1 Å². The van der Waals surface area contributed by atoms with Crippen LogP contribution < -0.4 is 4.89 Å². The molecule has 10 heteroatoms. The molecule has 0 radical (unpaired) electrons. The van der Waals surface area contributed by atoms with E-state index in [2.05, 4.69) is 98.9 Å². The van der Waals surface area contributed by atoms with Crippen LogP contribution in [0.1, 0.15) is 361 Å². The van der Waals surface area contributed by atoms with Gasteiger partial charge in [0.25, 0.3) is 7.82 Å². The van der Waals surface area contributed by atoms with Crippen LogP contribution in [-0.2, 0) is 32.7 Å². The van der Waals surface area contributed by atoms with Crippen LogP contribution in [0, 0.1) is 0 Å². The molecule has 0 spiro atoms. The number of phosphoric ester groups is 1. The van der Waals surface area contributed by atoms with Gasteiger partial charge in [0.2, 0.25) is 0 Å². The zero-order valence-electron chi connectivity index (χ0n) is 59.8. The third-order valence-electron chi connectivity index (χ3n) is 16.9. The molecule has 524 valence electrons. The lowest BCUT2D eigenvalue weighted by Crippen LogP contribution is -2.37. The van der Waals surface area contributed by atoms with Gasteiger partial charge in [-0.1, -0.05) is 362 Å². The summed E-state index contributed by atoms with van der Waals surface area (Å²) in [5.74, 6) is -0.815. The highest BCUT2D eigenvalue weighted by atomic mass is 31.2. The summed E-state index contributed by atoms with van der Waals surface area (Å²) in [7, 11) is 1.18. The molecule has 0 aromatic carbocycles. The number of hydrogen-bond donors (Lipinski definition) is 0. The summed E-state index contributed by atoms with van der Waals surface area (Å²) in [6.07, 6.45) is 96.9. The highest BCUT2D eigenvalue weighted by Crippen LogP contribution is 2.38. The van der Waals surface area contributed by atoms with Crippen molar-refractivity contribution in [3.63, 3.8) is 0 Å². The number of quaternary nitrogens is 1. The van der Waals surface area contributed by atoms with E-state index in [-0.39, 0.29) is 32.0 Å². The minimum absolute atomic E-state index is 0.0300. The first-order valence-corrected chi connectivity index (χ1v) is 39.8. The Bertz CT molecular complexity index is 1800. The minimum atomic E-state index is -4.64. The quantitative estimate of drug-likeness (QED) is 0.0195. The zero-order valence-corrected chi connectivity index (χ0v) is 60.7. The Hall–Kier alpha value is -2.81. The maximum atomic E-state index is 12.9. The van der Waals surface area contributed by atoms with E-state index in [0.29, 0.717) is 17.4 Å². The normalized spacial score (nSPS) is 13.5. The van der Waals surface area contributed by atoms with E-state index in [1.165, 1.54) is 244 Å². The number of allylic oxidation sites excluding steroid dienone is 14. The number of unbranched alkanes of at least 4 members (excludes halogenated alkanes) is 43. The molecule has 0 aliphatic carbocycles. The standard InChI is InChI=1S/C80H146NO8P/c1-6-8-10-12-14-16-18-20-22-24-26-28-30-32-34-35-36-37-38-39-40-41-42-43-44-45-47-49-51-53-55-57-59-61-63-65-67-69-71-73-80(83)89-78(77-88-90(84,85)87-75-74-81(3,4)5)76-86-79(82)72-70-68-66-64-62-60-58-56-54-52-50-48-46-33-31-29-27-25-23-21-19-17-15-13-11-9-7-2/h8,10,14,16,20,22,26,28,32,34,36-37,39-40,78H,6-7,9,11-13,15,17-19,21,23-25,27,29-31,33,35,38,41-77H2,1-5H3/b10-8-,16-14-,22-20-,28-26-,34-32-,37-36-,40-39-. The fraction of sp³-hybridized carbons (Fsp3) is 0.800. The van der Waals surface area contributed by atoms with Crippen LogP contribution in [-0.4, -0.2) is 70.0 Å². The van der Waals surface area contributed by atoms with E-state index in [9.17, 15) is 19.0 Å². The Morgan fingerprint density at radius 3 is 0.944 bits per heavy atom. The summed E-state index contributed by atoms with van der Waals surface area (Å²) in [6, 6.07) is 0. The number of esters is 2. The molecule has 0 amide bonds. The van der Waals surface area contributed by atoms with Gasteiger partial charge < -0.3 is 27.9 Å². The van der Waals surface area contributed by atoms with Crippen LogP contribution in [0.15, 0.2) is 85.1 Å². The summed E-state index contributed by atoms with van der Waals surface area (Å²) in [5, 5.41) is 0. The van der Waals surface area contributed by atoms with Gasteiger partial charge in [-0.25, -0.2) is 0 Å². The maximum Gasteiger partial charge on any atom is 0.306 e. The van der Waals surface area contributed by atoms with Gasteiger partial charge in [-0.15, -0.1) is 0 Å². The molecule has 0 aromatic heterocycles. The van der Waals surface area contributed by atoms with Crippen molar-refractivity contribution in [1.29, 1.82) is 0 Å². The average molecular weight is 1280 g/mol. The summed E-state index contributed by atoms with van der Waals surface area (Å²) in [4.78, 5) is 38.1. The lowest BCUT2D eigenvalue weighted by atomic mass is 10.0. The molecule has 0 N–H and O–H groups in total.